The second-order valence-corrected chi connectivity index (χ2v) is 5.43. The lowest BCUT2D eigenvalue weighted by Gasteiger charge is -2.05. The molecular formula is C14H11ClN2S. The van der Waals surface area contributed by atoms with Gasteiger partial charge < -0.3 is 5.32 Å². The quantitative estimate of drug-likeness (QED) is 0.757. The van der Waals surface area contributed by atoms with Gasteiger partial charge in [0.05, 0.1) is 27.5 Å². The minimum Gasteiger partial charge on any atom is -0.377 e. The van der Waals surface area contributed by atoms with E-state index in [1.54, 1.807) is 11.3 Å². The van der Waals surface area contributed by atoms with E-state index in [0.29, 0.717) is 6.54 Å². The second-order valence-electron chi connectivity index (χ2n) is 3.91. The van der Waals surface area contributed by atoms with E-state index in [2.05, 4.69) is 16.4 Å². The van der Waals surface area contributed by atoms with Crippen LogP contribution < -0.4 is 5.32 Å². The van der Waals surface area contributed by atoms with Crippen molar-refractivity contribution in [3.63, 3.8) is 0 Å². The molecule has 0 saturated carbocycles. The topological polar surface area (TPSA) is 24.9 Å². The van der Waals surface area contributed by atoms with Gasteiger partial charge >= 0.3 is 0 Å². The molecule has 0 bridgehead atoms. The molecule has 3 rings (SSSR count). The largest absolute Gasteiger partial charge is 0.377 e. The fraction of sp³-hybridized carbons (Fsp3) is 0.0714. The van der Waals surface area contributed by atoms with Gasteiger partial charge in [-0.2, -0.15) is 0 Å². The Kier molecular flexibility index (Phi) is 3.17. The van der Waals surface area contributed by atoms with Crippen LogP contribution in [0.5, 0.6) is 0 Å². The summed E-state index contributed by atoms with van der Waals surface area (Å²) >= 11 is 7.80. The highest BCUT2D eigenvalue weighted by Gasteiger charge is 2.03. The summed E-state index contributed by atoms with van der Waals surface area (Å²) in [5, 5.41) is 5.11. The summed E-state index contributed by atoms with van der Waals surface area (Å²) in [6, 6.07) is 15.9. The third-order valence-electron chi connectivity index (χ3n) is 2.64. The molecule has 0 aliphatic carbocycles. The first-order valence-electron chi connectivity index (χ1n) is 5.66. The van der Waals surface area contributed by atoms with Crippen LogP contribution in [0, 0.1) is 0 Å². The van der Waals surface area contributed by atoms with Gasteiger partial charge in [0.2, 0.25) is 0 Å². The molecule has 2 aromatic carbocycles. The van der Waals surface area contributed by atoms with Crippen LogP contribution in [-0.2, 0) is 6.54 Å². The number of hydrogen-bond donors (Lipinski definition) is 1. The van der Waals surface area contributed by atoms with E-state index in [4.69, 9.17) is 11.6 Å². The molecule has 4 heteroatoms. The number of thiazole rings is 1. The van der Waals surface area contributed by atoms with E-state index in [-0.39, 0.29) is 0 Å². The smallest absolute Gasteiger partial charge is 0.113 e. The molecular weight excluding hydrogens is 264 g/mol. The summed E-state index contributed by atoms with van der Waals surface area (Å²) in [7, 11) is 0. The lowest BCUT2D eigenvalue weighted by atomic mass is 10.3. The van der Waals surface area contributed by atoms with E-state index < -0.39 is 0 Å². The number of aromatic nitrogens is 1. The predicted molar refractivity (Wildman–Crippen MR) is 78.4 cm³/mol. The van der Waals surface area contributed by atoms with Crippen LogP contribution in [0.25, 0.3) is 10.2 Å². The zero-order valence-corrected chi connectivity index (χ0v) is 11.1. The average Bonchev–Trinajstić information content (AvgIpc) is 2.80. The Labute approximate surface area is 114 Å². The van der Waals surface area contributed by atoms with Gasteiger partial charge in [0.25, 0.3) is 0 Å². The Morgan fingerprint density at radius 3 is 2.67 bits per heavy atom. The SMILES string of the molecule is Clc1ccccc1NCc1nc2ccccc2s1. The minimum absolute atomic E-state index is 0.698. The second kappa shape index (κ2) is 4.96. The number of benzene rings is 2. The van der Waals surface area contributed by atoms with Crippen molar-refractivity contribution in [2.45, 2.75) is 6.54 Å². The number of fused-ring (bicyclic) bond motifs is 1. The van der Waals surface area contributed by atoms with Crippen molar-refractivity contribution in [3.8, 4) is 0 Å². The molecule has 0 fully saturated rings. The Morgan fingerprint density at radius 2 is 1.83 bits per heavy atom. The van der Waals surface area contributed by atoms with E-state index in [1.807, 2.05) is 42.5 Å². The molecule has 0 amide bonds. The fourth-order valence-electron chi connectivity index (χ4n) is 1.77. The fourth-order valence-corrected chi connectivity index (χ4v) is 2.88. The van der Waals surface area contributed by atoms with Crippen LogP contribution in [0.15, 0.2) is 48.5 Å². The molecule has 0 aliphatic rings. The molecule has 0 aliphatic heterocycles. The lowest BCUT2D eigenvalue weighted by molar-refractivity contribution is 1.12. The van der Waals surface area contributed by atoms with Crippen LogP contribution in [0.3, 0.4) is 0 Å². The summed E-state index contributed by atoms with van der Waals surface area (Å²) in [4.78, 5) is 4.57. The Hall–Kier alpha value is -1.58. The molecule has 0 atom stereocenters. The van der Waals surface area contributed by atoms with Gasteiger partial charge in [0.15, 0.2) is 0 Å². The molecule has 1 N–H and O–H groups in total. The molecule has 0 unspecified atom stereocenters. The van der Waals surface area contributed by atoms with Crippen molar-refractivity contribution < 1.29 is 0 Å². The first-order chi connectivity index (χ1) is 8.83. The first-order valence-corrected chi connectivity index (χ1v) is 6.85. The maximum Gasteiger partial charge on any atom is 0.113 e. The number of halogens is 1. The van der Waals surface area contributed by atoms with E-state index in [1.165, 1.54) is 4.70 Å². The van der Waals surface area contributed by atoms with Crippen molar-refractivity contribution in [2.75, 3.05) is 5.32 Å². The highest BCUT2D eigenvalue weighted by molar-refractivity contribution is 7.18. The molecule has 0 spiro atoms. The van der Waals surface area contributed by atoms with Crippen molar-refractivity contribution in [2.24, 2.45) is 0 Å². The van der Waals surface area contributed by atoms with Gasteiger partial charge in [-0.25, -0.2) is 4.98 Å². The van der Waals surface area contributed by atoms with Crippen molar-refractivity contribution in [3.05, 3.63) is 58.6 Å². The van der Waals surface area contributed by atoms with Gasteiger partial charge in [-0.05, 0) is 24.3 Å². The van der Waals surface area contributed by atoms with Gasteiger partial charge in [-0.3, -0.25) is 0 Å². The first kappa shape index (κ1) is 11.5. The lowest BCUT2D eigenvalue weighted by Crippen LogP contribution is -1.98. The highest BCUT2D eigenvalue weighted by atomic mass is 35.5. The zero-order chi connectivity index (χ0) is 12.4. The van der Waals surface area contributed by atoms with Gasteiger partial charge in [-0.15, -0.1) is 11.3 Å². The summed E-state index contributed by atoms with van der Waals surface area (Å²) < 4.78 is 1.22. The summed E-state index contributed by atoms with van der Waals surface area (Å²) in [5.74, 6) is 0. The van der Waals surface area contributed by atoms with Crippen molar-refractivity contribution >= 4 is 38.8 Å². The summed E-state index contributed by atoms with van der Waals surface area (Å²) in [6.45, 7) is 0.698. The summed E-state index contributed by atoms with van der Waals surface area (Å²) in [5.41, 5.74) is 2.00. The molecule has 3 aromatic rings. The third kappa shape index (κ3) is 2.33. The molecule has 1 heterocycles. The standard InChI is InChI=1S/C14H11ClN2S/c15-10-5-1-2-6-11(10)16-9-14-17-12-7-3-4-8-13(12)18-14/h1-8,16H,9H2. The number of rotatable bonds is 3. The Bertz CT molecular complexity index is 645. The van der Waals surface area contributed by atoms with Crippen LogP contribution >= 0.6 is 22.9 Å². The molecule has 90 valence electrons. The highest BCUT2D eigenvalue weighted by Crippen LogP contribution is 2.24. The van der Waals surface area contributed by atoms with E-state index >= 15 is 0 Å². The van der Waals surface area contributed by atoms with E-state index in [9.17, 15) is 0 Å². The zero-order valence-electron chi connectivity index (χ0n) is 9.56. The minimum atomic E-state index is 0.698. The molecule has 18 heavy (non-hydrogen) atoms. The number of nitrogens with one attached hydrogen (secondary N) is 1. The van der Waals surface area contributed by atoms with Crippen LogP contribution in [0.1, 0.15) is 5.01 Å². The average molecular weight is 275 g/mol. The Morgan fingerprint density at radius 1 is 1.06 bits per heavy atom. The van der Waals surface area contributed by atoms with E-state index in [0.717, 1.165) is 21.2 Å². The van der Waals surface area contributed by atoms with Crippen molar-refractivity contribution in [1.82, 2.24) is 4.98 Å². The van der Waals surface area contributed by atoms with Crippen molar-refractivity contribution in [1.29, 1.82) is 0 Å². The van der Waals surface area contributed by atoms with Crippen LogP contribution in [0.4, 0.5) is 5.69 Å². The molecule has 1 aromatic heterocycles. The van der Waals surface area contributed by atoms with Gasteiger partial charge in [0.1, 0.15) is 5.01 Å². The van der Waals surface area contributed by atoms with Crippen LogP contribution in [-0.4, -0.2) is 4.98 Å². The Balaban J connectivity index is 1.79. The molecule has 2 nitrogen and oxygen atoms in total. The number of anilines is 1. The third-order valence-corrected chi connectivity index (χ3v) is 4.01. The predicted octanol–water partition coefficient (Wildman–Crippen LogP) is 4.56. The van der Waals surface area contributed by atoms with Crippen LogP contribution in [0.2, 0.25) is 5.02 Å². The molecule has 0 radical (unpaired) electrons. The maximum absolute atomic E-state index is 6.09. The number of nitrogens with zero attached hydrogens (tertiary/aromatic N) is 1. The summed E-state index contributed by atoms with van der Waals surface area (Å²) in [6.07, 6.45) is 0. The number of hydrogen-bond acceptors (Lipinski definition) is 3. The number of para-hydroxylation sites is 2. The van der Waals surface area contributed by atoms with Gasteiger partial charge in [-0.1, -0.05) is 35.9 Å². The normalized spacial score (nSPS) is 10.7. The van der Waals surface area contributed by atoms with Gasteiger partial charge in [0, 0.05) is 0 Å². The molecule has 0 saturated heterocycles. The monoisotopic (exact) mass is 274 g/mol. The maximum atomic E-state index is 6.09.